The van der Waals surface area contributed by atoms with Crippen LogP contribution in [0.3, 0.4) is 0 Å². The molecule has 10 heteroatoms. The summed E-state index contributed by atoms with van der Waals surface area (Å²) in [6, 6.07) is 10.2. The molecule has 200 valence electrons. The summed E-state index contributed by atoms with van der Waals surface area (Å²) in [5.74, 6) is 1.15. The van der Waals surface area contributed by atoms with Crippen LogP contribution in [-0.4, -0.2) is 37.5 Å². The number of ether oxygens (including phenoxy) is 4. The summed E-state index contributed by atoms with van der Waals surface area (Å²) in [6.45, 7) is 7.58. The van der Waals surface area contributed by atoms with Crippen molar-refractivity contribution in [2.75, 3.05) is 20.8 Å². The normalized spacial score (nSPS) is 15.3. The van der Waals surface area contributed by atoms with Crippen LogP contribution in [0.4, 0.5) is 0 Å². The van der Waals surface area contributed by atoms with E-state index in [1.807, 2.05) is 38.1 Å². The largest absolute Gasteiger partial charge is 0.493 e. The molecule has 0 saturated carbocycles. The van der Waals surface area contributed by atoms with E-state index >= 15 is 0 Å². The van der Waals surface area contributed by atoms with Gasteiger partial charge in [0.15, 0.2) is 16.3 Å². The van der Waals surface area contributed by atoms with E-state index in [1.165, 1.54) is 23.0 Å². The van der Waals surface area contributed by atoms with Crippen LogP contribution in [0.25, 0.3) is 6.08 Å². The summed E-state index contributed by atoms with van der Waals surface area (Å²) < 4.78 is 25.1. The molecule has 0 radical (unpaired) electrons. The molecule has 8 nitrogen and oxygen atoms in total. The van der Waals surface area contributed by atoms with Crippen LogP contribution in [0, 0.1) is 0 Å². The Hall–Kier alpha value is -3.37. The second-order valence-electron chi connectivity index (χ2n) is 8.77. The van der Waals surface area contributed by atoms with Gasteiger partial charge in [0.2, 0.25) is 0 Å². The van der Waals surface area contributed by atoms with Gasteiger partial charge < -0.3 is 18.9 Å². The van der Waals surface area contributed by atoms with Gasteiger partial charge in [0.05, 0.1) is 48.8 Å². The average Bonchev–Trinajstić information content (AvgIpc) is 3.18. The number of carbonyl (C=O) groups excluding carboxylic acids is 1. The van der Waals surface area contributed by atoms with Gasteiger partial charge in [-0.1, -0.05) is 33.3 Å². The van der Waals surface area contributed by atoms with Gasteiger partial charge in [-0.05, 0) is 69.7 Å². The van der Waals surface area contributed by atoms with Crippen LogP contribution in [0.5, 0.6) is 17.2 Å². The molecule has 2 aromatic carbocycles. The number of thiazole rings is 1. The van der Waals surface area contributed by atoms with E-state index in [2.05, 4.69) is 20.9 Å². The van der Waals surface area contributed by atoms with Crippen LogP contribution >= 0.6 is 27.3 Å². The molecule has 0 amide bonds. The Kier molecular flexibility index (Phi) is 8.42. The summed E-state index contributed by atoms with van der Waals surface area (Å²) in [6.07, 6.45) is 1.76. The average molecular weight is 602 g/mol. The van der Waals surface area contributed by atoms with Gasteiger partial charge in [-0.3, -0.25) is 9.36 Å². The minimum Gasteiger partial charge on any atom is -0.493 e. The number of rotatable bonds is 8. The van der Waals surface area contributed by atoms with Crippen molar-refractivity contribution < 1.29 is 23.7 Å². The highest BCUT2D eigenvalue weighted by molar-refractivity contribution is 9.10. The fourth-order valence-electron chi connectivity index (χ4n) is 4.26. The molecule has 1 aliphatic heterocycles. The summed E-state index contributed by atoms with van der Waals surface area (Å²) >= 11 is 4.76. The fraction of sp³-hybridized carbons (Fsp3) is 0.321. The van der Waals surface area contributed by atoms with Gasteiger partial charge >= 0.3 is 5.97 Å². The molecular formula is C28H29BrN2O6S. The molecule has 1 aliphatic rings. The highest BCUT2D eigenvalue weighted by atomic mass is 79.9. The Balaban J connectivity index is 1.97. The number of allylic oxidation sites excluding steroid dienone is 1. The second-order valence-corrected chi connectivity index (χ2v) is 10.7. The van der Waals surface area contributed by atoms with Crippen LogP contribution in [-0.2, 0) is 9.53 Å². The van der Waals surface area contributed by atoms with Gasteiger partial charge in [-0.15, -0.1) is 0 Å². The van der Waals surface area contributed by atoms with Crippen molar-refractivity contribution in [3.05, 3.63) is 83.0 Å². The van der Waals surface area contributed by atoms with Gasteiger partial charge in [0.1, 0.15) is 5.75 Å². The molecule has 0 bridgehead atoms. The Morgan fingerprint density at radius 2 is 1.84 bits per heavy atom. The Morgan fingerprint density at radius 3 is 2.50 bits per heavy atom. The highest BCUT2D eigenvalue weighted by Gasteiger charge is 2.34. The third-order valence-corrected chi connectivity index (χ3v) is 7.34. The van der Waals surface area contributed by atoms with E-state index in [0.717, 1.165) is 10.0 Å². The standard InChI is InChI=1S/C28H29BrN2O6S/c1-7-36-27(33)24-16(4)30-28-31(25(24)17-8-10-21(34-5)22(13-17)35-6)26(32)23(38-28)14-18-12-19(29)9-11-20(18)37-15(2)3/h8-15,25H,7H2,1-6H3/b23-14+/t25-/m0/s1. The van der Waals surface area contributed by atoms with Crippen molar-refractivity contribution in [1.82, 2.24) is 4.57 Å². The molecule has 4 rings (SSSR count). The minimum atomic E-state index is -0.763. The first-order valence-corrected chi connectivity index (χ1v) is 13.7. The number of fused-ring (bicyclic) bond motifs is 1. The summed E-state index contributed by atoms with van der Waals surface area (Å²) in [7, 11) is 3.09. The highest BCUT2D eigenvalue weighted by Crippen LogP contribution is 2.36. The number of methoxy groups -OCH3 is 2. The van der Waals surface area contributed by atoms with E-state index in [1.54, 1.807) is 39.2 Å². The maximum absolute atomic E-state index is 13.9. The second kappa shape index (κ2) is 11.6. The van der Waals surface area contributed by atoms with E-state index < -0.39 is 12.0 Å². The number of nitrogens with zero attached hydrogens (tertiary/aromatic N) is 2. The predicted octanol–water partition coefficient (Wildman–Crippen LogP) is 4.37. The van der Waals surface area contributed by atoms with Crippen LogP contribution in [0.15, 0.2) is 61.9 Å². The molecule has 0 unspecified atom stereocenters. The third-order valence-electron chi connectivity index (χ3n) is 5.86. The molecule has 0 N–H and O–H groups in total. The lowest BCUT2D eigenvalue weighted by Crippen LogP contribution is -2.40. The van der Waals surface area contributed by atoms with E-state index in [0.29, 0.717) is 43.4 Å². The fourth-order valence-corrected chi connectivity index (χ4v) is 5.68. The van der Waals surface area contributed by atoms with Gasteiger partial charge in [-0.25, -0.2) is 9.79 Å². The predicted molar refractivity (Wildman–Crippen MR) is 150 cm³/mol. The summed E-state index contributed by atoms with van der Waals surface area (Å²) in [4.78, 5) is 32.2. The number of halogens is 1. The molecular weight excluding hydrogens is 572 g/mol. The Morgan fingerprint density at radius 1 is 1.13 bits per heavy atom. The zero-order valence-corrected chi connectivity index (χ0v) is 24.4. The Labute approximate surface area is 233 Å². The van der Waals surface area contributed by atoms with Crippen molar-refractivity contribution in [2.24, 2.45) is 4.99 Å². The van der Waals surface area contributed by atoms with Crippen molar-refractivity contribution in [3.63, 3.8) is 0 Å². The SMILES string of the molecule is CCOC(=O)C1=C(C)N=c2s/c(=C/c3cc(Br)ccc3OC(C)C)c(=O)n2[C@H]1c1ccc(OC)c(OC)c1. The lowest BCUT2D eigenvalue weighted by Gasteiger charge is -2.25. The molecule has 38 heavy (non-hydrogen) atoms. The first kappa shape index (κ1) is 27.7. The van der Waals surface area contributed by atoms with Gasteiger partial charge in [-0.2, -0.15) is 0 Å². The number of carbonyl (C=O) groups is 1. The first-order chi connectivity index (χ1) is 18.2. The number of aromatic nitrogens is 1. The topological polar surface area (TPSA) is 88.4 Å². The molecule has 0 spiro atoms. The number of hydrogen-bond donors (Lipinski definition) is 0. The zero-order valence-electron chi connectivity index (χ0n) is 22.0. The molecule has 0 fully saturated rings. The first-order valence-electron chi connectivity index (χ1n) is 12.1. The van der Waals surface area contributed by atoms with Crippen molar-refractivity contribution in [3.8, 4) is 17.2 Å². The van der Waals surface area contributed by atoms with Crippen molar-refractivity contribution in [2.45, 2.75) is 39.8 Å². The number of hydrogen-bond acceptors (Lipinski definition) is 8. The number of benzene rings is 2. The maximum Gasteiger partial charge on any atom is 0.338 e. The van der Waals surface area contributed by atoms with E-state index in [4.69, 9.17) is 18.9 Å². The van der Waals surface area contributed by atoms with E-state index in [-0.39, 0.29) is 18.3 Å². The molecule has 1 atom stereocenters. The molecule has 0 aliphatic carbocycles. The molecule has 0 saturated heterocycles. The zero-order chi connectivity index (χ0) is 27.6. The molecule has 2 heterocycles. The van der Waals surface area contributed by atoms with Crippen LogP contribution in [0.1, 0.15) is 44.9 Å². The van der Waals surface area contributed by atoms with Gasteiger partial charge in [0, 0.05) is 10.0 Å². The minimum absolute atomic E-state index is 0.0376. The lowest BCUT2D eigenvalue weighted by molar-refractivity contribution is -0.139. The quantitative estimate of drug-likeness (QED) is 0.357. The van der Waals surface area contributed by atoms with E-state index in [9.17, 15) is 9.59 Å². The van der Waals surface area contributed by atoms with Gasteiger partial charge in [0.25, 0.3) is 5.56 Å². The van der Waals surface area contributed by atoms with Crippen molar-refractivity contribution in [1.29, 1.82) is 0 Å². The Bertz CT molecular complexity index is 1590. The summed E-state index contributed by atoms with van der Waals surface area (Å²) in [5.41, 5.74) is 1.92. The third kappa shape index (κ3) is 5.42. The van der Waals surface area contributed by atoms with Crippen LogP contribution in [0.2, 0.25) is 0 Å². The van der Waals surface area contributed by atoms with Crippen LogP contribution < -0.4 is 29.1 Å². The molecule has 1 aromatic heterocycles. The molecule has 3 aromatic rings. The lowest BCUT2D eigenvalue weighted by atomic mass is 9.95. The number of esters is 1. The van der Waals surface area contributed by atoms with Crippen molar-refractivity contribution >= 4 is 39.3 Å². The maximum atomic E-state index is 13.9. The monoisotopic (exact) mass is 600 g/mol. The smallest absolute Gasteiger partial charge is 0.338 e. The summed E-state index contributed by atoms with van der Waals surface area (Å²) in [5, 5.41) is 0.